The molecule has 0 spiro atoms. The first-order valence-corrected chi connectivity index (χ1v) is 6.27. The van der Waals surface area contributed by atoms with Crippen LogP contribution >= 0.6 is 23.2 Å². The summed E-state index contributed by atoms with van der Waals surface area (Å²) < 4.78 is 13.8. The van der Waals surface area contributed by atoms with Crippen LogP contribution in [-0.4, -0.2) is 0 Å². The van der Waals surface area contributed by atoms with Crippen LogP contribution in [0.5, 0.6) is 0 Å². The van der Waals surface area contributed by atoms with Crippen LogP contribution in [0.3, 0.4) is 0 Å². The van der Waals surface area contributed by atoms with E-state index in [2.05, 4.69) is 0 Å². The summed E-state index contributed by atoms with van der Waals surface area (Å²) in [6.07, 6.45) is 0.512. The van der Waals surface area contributed by atoms with E-state index in [4.69, 9.17) is 28.9 Å². The molecule has 0 amide bonds. The van der Waals surface area contributed by atoms with Crippen molar-refractivity contribution in [2.75, 3.05) is 0 Å². The van der Waals surface area contributed by atoms with Gasteiger partial charge in [0.2, 0.25) is 0 Å². The van der Waals surface area contributed by atoms with Gasteiger partial charge in [0.25, 0.3) is 0 Å². The molecule has 0 aliphatic carbocycles. The van der Waals surface area contributed by atoms with Gasteiger partial charge < -0.3 is 5.73 Å². The summed E-state index contributed by atoms with van der Waals surface area (Å²) >= 11 is 11.6. The first kappa shape index (κ1) is 13.3. The van der Waals surface area contributed by atoms with Gasteiger partial charge in [-0.2, -0.15) is 0 Å². The second-order valence-corrected chi connectivity index (χ2v) is 4.93. The smallest absolute Gasteiger partial charge is 0.146 e. The van der Waals surface area contributed by atoms with Gasteiger partial charge in [0, 0.05) is 16.6 Å². The minimum Gasteiger partial charge on any atom is -0.324 e. The van der Waals surface area contributed by atoms with Gasteiger partial charge in [0.05, 0.1) is 5.02 Å². The van der Waals surface area contributed by atoms with Crippen molar-refractivity contribution in [2.45, 2.75) is 12.5 Å². The van der Waals surface area contributed by atoms with Gasteiger partial charge in [0.15, 0.2) is 0 Å². The van der Waals surface area contributed by atoms with Gasteiger partial charge in [-0.25, -0.2) is 4.39 Å². The fourth-order valence-electron chi connectivity index (χ4n) is 1.83. The molecule has 1 nitrogen and oxygen atoms in total. The van der Waals surface area contributed by atoms with Gasteiger partial charge in [-0.05, 0) is 30.2 Å². The molecule has 0 saturated heterocycles. The molecule has 2 aromatic carbocycles. The van der Waals surface area contributed by atoms with Gasteiger partial charge in [-0.3, -0.25) is 0 Å². The maximum absolute atomic E-state index is 13.8. The third kappa shape index (κ3) is 3.02. The Balaban J connectivity index is 2.22. The van der Waals surface area contributed by atoms with Crippen molar-refractivity contribution in [2.24, 2.45) is 5.73 Å². The fourth-order valence-corrected chi connectivity index (χ4v) is 2.23. The van der Waals surface area contributed by atoms with Crippen molar-refractivity contribution in [1.29, 1.82) is 0 Å². The zero-order valence-electron chi connectivity index (χ0n) is 9.54. The minimum atomic E-state index is -0.450. The van der Waals surface area contributed by atoms with Crippen LogP contribution in [0, 0.1) is 5.82 Å². The van der Waals surface area contributed by atoms with Crippen molar-refractivity contribution in [3.63, 3.8) is 0 Å². The highest BCUT2D eigenvalue weighted by molar-refractivity contribution is 6.31. The maximum atomic E-state index is 13.8. The third-order valence-electron chi connectivity index (χ3n) is 2.73. The van der Waals surface area contributed by atoms with Crippen molar-refractivity contribution >= 4 is 23.2 Å². The highest BCUT2D eigenvalue weighted by Crippen LogP contribution is 2.25. The molecule has 4 heteroatoms. The summed E-state index contributed by atoms with van der Waals surface area (Å²) in [5, 5.41) is 0.736. The lowest BCUT2D eigenvalue weighted by molar-refractivity contribution is 0.581. The molecular weight excluding hydrogens is 272 g/mol. The van der Waals surface area contributed by atoms with Crippen LogP contribution in [0.1, 0.15) is 17.2 Å². The normalized spacial score (nSPS) is 12.4. The number of hydrogen-bond acceptors (Lipinski definition) is 1. The summed E-state index contributed by atoms with van der Waals surface area (Å²) in [6.45, 7) is 0. The fraction of sp³-hybridized carbons (Fsp3) is 0.143. The lowest BCUT2D eigenvalue weighted by atomic mass is 9.99. The summed E-state index contributed by atoms with van der Waals surface area (Å²) in [6, 6.07) is 11.8. The van der Waals surface area contributed by atoms with E-state index in [1.807, 2.05) is 18.2 Å². The molecule has 2 aromatic rings. The molecule has 0 radical (unpaired) electrons. The van der Waals surface area contributed by atoms with Gasteiger partial charge in [-0.15, -0.1) is 0 Å². The summed E-state index contributed by atoms with van der Waals surface area (Å²) in [5.74, 6) is -0.450. The van der Waals surface area contributed by atoms with Gasteiger partial charge in [-0.1, -0.05) is 47.5 Å². The number of halogens is 3. The lowest BCUT2D eigenvalue weighted by Gasteiger charge is -2.13. The molecule has 1 atom stereocenters. The molecule has 0 fully saturated rings. The van der Waals surface area contributed by atoms with Gasteiger partial charge in [0.1, 0.15) is 5.82 Å². The molecule has 94 valence electrons. The highest BCUT2D eigenvalue weighted by atomic mass is 35.5. The summed E-state index contributed by atoms with van der Waals surface area (Å²) in [4.78, 5) is 0. The van der Waals surface area contributed by atoms with Crippen molar-refractivity contribution in [1.82, 2.24) is 0 Å². The Morgan fingerprint density at radius 1 is 1.11 bits per heavy atom. The van der Waals surface area contributed by atoms with Crippen molar-refractivity contribution < 1.29 is 4.39 Å². The summed E-state index contributed by atoms with van der Waals surface area (Å²) in [7, 11) is 0. The van der Waals surface area contributed by atoms with E-state index >= 15 is 0 Å². The summed E-state index contributed by atoms with van der Waals surface area (Å²) in [5.41, 5.74) is 7.39. The van der Waals surface area contributed by atoms with E-state index in [9.17, 15) is 4.39 Å². The van der Waals surface area contributed by atoms with Crippen molar-refractivity contribution in [3.8, 4) is 0 Å². The average Bonchev–Trinajstić information content (AvgIpc) is 2.32. The second kappa shape index (κ2) is 5.70. The first-order chi connectivity index (χ1) is 8.58. The first-order valence-electron chi connectivity index (χ1n) is 5.52. The lowest BCUT2D eigenvalue weighted by Crippen LogP contribution is -2.15. The molecule has 0 heterocycles. The second-order valence-electron chi connectivity index (χ2n) is 4.08. The quantitative estimate of drug-likeness (QED) is 0.889. The largest absolute Gasteiger partial charge is 0.324 e. The van der Waals surface area contributed by atoms with E-state index in [-0.39, 0.29) is 5.02 Å². The Bertz CT molecular complexity index is 557. The van der Waals surface area contributed by atoms with E-state index in [1.54, 1.807) is 18.2 Å². The average molecular weight is 284 g/mol. The molecule has 2 rings (SSSR count). The zero-order valence-corrected chi connectivity index (χ0v) is 11.0. The highest BCUT2D eigenvalue weighted by Gasteiger charge is 2.14. The number of hydrogen-bond donors (Lipinski definition) is 1. The molecule has 0 aliphatic heterocycles. The van der Waals surface area contributed by atoms with Crippen LogP contribution in [0.15, 0.2) is 42.5 Å². The Morgan fingerprint density at radius 3 is 2.56 bits per heavy atom. The Morgan fingerprint density at radius 2 is 1.83 bits per heavy atom. The van der Waals surface area contributed by atoms with Crippen LogP contribution in [-0.2, 0) is 6.42 Å². The van der Waals surface area contributed by atoms with Crippen molar-refractivity contribution in [3.05, 3.63) is 69.5 Å². The van der Waals surface area contributed by atoms with Crippen LogP contribution < -0.4 is 5.73 Å². The van der Waals surface area contributed by atoms with E-state index in [1.165, 1.54) is 6.07 Å². The Kier molecular flexibility index (Phi) is 4.23. The van der Waals surface area contributed by atoms with E-state index in [0.717, 1.165) is 5.56 Å². The maximum Gasteiger partial charge on any atom is 0.146 e. The molecule has 0 bridgehead atoms. The predicted molar refractivity (Wildman–Crippen MR) is 73.5 cm³/mol. The Hall–Kier alpha value is -1.09. The topological polar surface area (TPSA) is 26.0 Å². The molecule has 2 N–H and O–H groups in total. The molecule has 0 aromatic heterocycles. The molecule has 1 unspecified atom stereocenters. The molecule has 0 aliphatic rings. The SMILES string of the molecule is NC(Cc1cccc(Cl)c1)c1cccc(Cl)c1F. The monoisotopic (exact) mass is 283 g/mol. The van der Waals surface area contributed by atoms with E-state index < -0.39 is 11.9 Å². The van der Waals surface area contributed by atoms with Gasteiger partial charge >= 0.3 is 0 Å². The van der Waals surface area contributed by atoms with Crippen LogP contribution in [0.4, 0.5) is 4.39 Å². The number of nitrogens with two attached hydrogens (primary N) is 1. The number of rotatable bonds is 3. The Labute approximate surface area is 115 Å². The molecule has 18 heavy (non-hydrogen) atoms. The predicted octanol–water partition coefficient (Wildman–Crippen LogP) is 4.38. The zero-order chi connectivity index (χ0) is 13.1. The molecular formula is C14H12Cl2FN. The minimum absolute atomic E-state index is 0.0917. The van der Waals surface area contributed by atoms with Crippen LogP contribution in [0.2, 0.25) is 10.0 Å². The third-order valence-corrected chi connectivity index (χ3v) is 3.25. The molecule has 0 saturated carbocycles. The van der Waals surface area contributed by atoms with Crippen LogP contribution in [0.25, 0.3) is 0 Å². The number of benzene rings is 2. The van der Waals surface area contributed by atoms with E-state index in [0.29, 0.717) is 17.0 Å². The standard InChI is InChI=1S/C14H12Cl2FN/c15-10-4-1-3-9(7-10)8-13(18)11-5-2-6-12(16)14(11)17/h1-7,13H,8,18H2.